The van der Waals surface area contributed by atoms with Crippen molar-refractivity contribution in [2.45, 2.75) is 12.0 Å². The van der Waals surface area contributed by atoms with Gasteiger partial charge >= 0.3 is 12.1 Å². The fourth-order valence-corrected chi connectivity index (χ4v) is 3.94. The number of benzene rings is 3. The molecule has 4 rings (SSSR count). The Morgan fingerprint density at radius 2 is 1.50 bits per heavy atom. The molecular weight excluding hydrogens is 382 g/mol. The minimum Gasteiger partial charge on any atom is -0.496 e. The molecule has 6 nitrogen and oxygen atoms in total. The first-order valence-electron chi connectivity index (χ1n) is 9.57. The first-order valence-corrected chi connectivity index (χ1v) is 9.57. The maximum atomic E-state index is 12.5. The van der Waals surface area contributed by atoms with E-state index in [0.29, 0.717) is 11.3 Å². The summed E-state index contributed by atoms with van der Waals surface area (Å²) < 4.78 is 10.7. The number of ether oxygens (including phenoxy) is 2. The molecular formula is C24H21NO5. The van der Waals surface area contributed by atoms with Crippen molar-refractivity contribution in [3.63, 3.8) is 0 Å². The van der Waals surface area contributed by atoms with E-state index in [9.17, 15) is 14.7 Å². The molecule has 3 aromatic carbocycles. The number of carboxylic acids is 1. The lowest BCUT2D eigenvalue weighted by molar-refractivity contribution is -0.139. The second-order valence-electron chi connectivity index (χ2n) is 6.98. The molecule has 152 valence electrons. The van der Waals surface area contributed by atoms with E-state index in [1.807, 2.05) is 36.4 Å². The van der Waals surface area contributed by atoms with E-state index in [4.69, 9.17) is 9.47 Å². The van der Waals surface area contributed by atoms with Crippen LogP contribution in [0.2, 0.25) is 0 Å². The highest BCUT2D eigenvalue weighted by molar-refractivity contribution is 5.82. The van der Waals surface area contributed by atoms with E-state index in [0.717, 1.165) is 22.3 Å². The largest absolute Gasteiger partial charge is 0.496 e. The number of rotatable bonds is 6. The molecule has 1 amide bonds. The number of aliphatic carboxylic acids is 1. The second kappa shape index (κ2) is 8.29. The van der Waals surface area contributed by atoms with Crippen LogP contribution in [0.15, 0.2) is 72.8 Å². The Labute approximate surface area is 174 Å². The van der Waals surface area contributed by atoms with Crippen LogP contribution in [0.1, 0.15) is 28.7 Å². The van der Waals surface area contributed by atoms with Gasteiger partial charge in [-0.2, -0.15) is 0 Å². The number of para-hydroxylation sites is 1. The van der Waals surface area contributed by atoms with Crippen LogP contribution < -0.4 is 10.1 Å². The van der Waals surface area contributed by atoms with E-state index in [1.165, 1.54) is 7.11 Å². The molecule has 0 radical (unpaired) electrons. The van der Waals surface area contributed by atoms with E-state index >= 15 is 0 Å². The Morgan fingerprint density at radius 3 is 2.10 bits per heavy atom. The number of carbonyl (C=O) groups is 2. The maximum absolute atomic E-state index is 12.5. The quantitative estimate of drug-likeness (QED) is 0.639. The van der Waals surface area contributed by atoms with Crippen LogP contribution in [-0.2, 0) is 9.53 Å². The molecule has 1 unspecified atom stereocenters. The first-order chi connectivity index (χ1) is 14.6. The molecule has 0 spiro atoms. The summed E-state index contributed by atoms with van der Waals surface area (Å²) >= 11 is 0. The van der Waals surface area contributed by atoms with Gasteiger partial charge < -0.3 is 19.9 Å². The SMILES string of the molecule is COc1ccccc1C(NC(=O)OCC1c2ccccc2-c2ccccc21)C(=O)O. The van der Waals surface area contributed by atoms with Gasteiger partial charge in [0.25, 0.3) is 0 Å². The van der Waals surface area contributed by atoms with E-state index in [1.54, 1.807) is 24.3 Å². The molecule has 1 atom stereocenters. The van der Waals surface area contributed by atoms with E-state index in [2.05, 4.69) is 17.4 Å². The summed E-state index contributed by atoms with van der Waals surface area (Å²) in [6, 6.07) is 21.4. The number of nitrogens with one attached hydrogen (secondary N) is 1. The predicted octanol–water partition coefficient (Wildman–Crippen LogP) is 4.36. The lowest BCUT2D eigenvalue weighted by Crippen LogP contribution is -2.35. The van der Waals surface area contributed by atoms with Gasteiger partial charge in [-0.3, -0.25) is 0 Å². The molecule has 0 saturated heterocycles. The number of carboxylic acid groups (broad SMARTS) is 1. The third-order valence-electron chi connectivity index (χ3n) is 5.30. The van der Waals surface area contributed by atoms with Crippen LogP contribution in [0.3, 0.4) is 0 Å². The molecule has 3 aromatic rings. The third kappa shape index (κ3) is 3.59. The zero-order valence-electron chi connectivity index (χ0n) is 16.4. The molecule has 0 aliphatic heterocycles. The second-order valence-corrected chi connectivity index (χ2v) is 6.98. The number of hydrogen-bond donors (Lipinski definition) is 2. The van der Waals surface area contributed by atoms with Gasteiger partial charge in [-0.15, -0.1) is 0 Å². The van der Waals surface area contributed by atoms with Crippen LogP contribution in [0.4, 0.5) is 4.79 Å². The Bertz CT molecular complexity index is 1050. The van der Waals surface area contributed by atoms with Crippen LogP contribution in [0.25, 0.3) is 11.1 Å². The molecule has 2 N–H and O–H groups in total. The predicted molar refractivity (Wildman–Crippen MR) is 112 cm³/mol. The minimum atomic E-state index is -1.28. The molecule has 0 aromatic heterocycles. The van der Waals surface area contributed by atoms with Gasteiger partial charge in [-0.05, 0) is 28.3 Å². The van der Waals surface area contributed by atoms with Crippen molar-refractivity contribution in [1.82, 2.24) is 5.32 Å². The van der Waals surface area contributed by atoms with Gasteiger partial charge in [-0.25, -0.2) is 9.59 Å². The number of fused-ring (bicyclic) bond motifs is 3. The monoisotopic (exact) mass is 403 g/mol. The fraction of sp³-hybridized carbons (Fsp3) is 0.167. The van der Waals surface area contributed by atoms with Crippen molar-refractivity contribution in [3.05, 3.63) is 89.5 Å². The highest BCUT2D eigenvalue weighted by atomic mass is 16.5. The highest BCUT2D eigenvalue weighted by Crippen LogP contribution is 2.44. The number of hydrogen-bond acceptors (Lipinski definition) is 4. The molecule has 6 heteroatoms. The zero-order chi connectivity index (χ0) is 21.1. The van der Waals surface area contributed by atoms with Crippen molar-refractivity contribution >= 4 is 12.1 Å². The summed E-state index contributed by atoms with van der Waals surface area (Å²) in [5.41, 5.74) is 4.78. The first kappa shape index (κ1) is 19.5. The summed E-state index contributed by atoms with van der Waals surface area (Å²) in [4.78, 5) is 24.2. The van der Waals surface area contributed by atoms with E-state index < -0.39 is 18.1 Å². The van der Waals surface area contributed by atoms with Gasteiger partial charge in [0, 0.05) is 11.5 Å². The van der Waals surface area contributed by atoms with Crippen molar-refractivity contribution in [2.75, 3.05) is 13.7 Å². The van der Waals surface area contributed by atoms with Crippen molar-refractivity contribution in [1.29, 1.82) is 0 Å². The lowest BCUT2D eigenvalue weighted by Gasteiger charge is -2.19. The minimum absolute atomic E-state index is 0.0994. The molecule has 30 heavy (non-hydrogen) atoms. The van der Waals surface area contributed by atoms with Crippen LogP contribution >= 0.6 is 0 Å². The molecule has 1 aliphatic rings. The number of methoxy groups -OCH3 is 1. The number of alkyl carbamates (subject to hydrolysis) is 1. The normalized spacial score (nSPS) is 13.1. The summed E-state index contributed by atoms with van der Waals surface area (Å²) in [5.74, 6) is -0.922. The van der Waals surface area contributed by atoms with Crippen LogP contribution in [0.5, 0.6) is 5.75 Å². The Balaban J connectivity index is 1.50. The van der Waals surface area contributed by atoms with Crippen molar-refractivity contribution in [3.8, 4) is 16.9 Å². The van der Waals surface area contributed by atoms with Crippen LogP contribution in [-0.4, -0.2) is 30.9 Å². The summed E-state index contributed by atoms with van der Waals surface area (Å²) in [6.07, 6.45) is -0.796. The van der Waals surface area contributed by atoms with Gasteiger partial charge in [0.2, 0.25) is 0 Å². The van der Waals surface area contributed by atoms with Gasteiger partial charge in [-0.1, -0.05) is 66.7 Å². The highest BCUT2D eigenvalue weighted by Gasteiger charge is 2.30. The zero-order valence-corrected chi connectivity index (χ0v) is 16.4. The topological polar surface area (TPSA) is 84.9 Å². The van der Waals surface area contributed by atoms with Crippen molar-refractivity contribution in [2.24, 2.45) is 0 Å². The number of amides is 1. The summed E-state index contributed by atoms with van der Waals surface area (Å²) in [6.45, 7) is 0.109. The standard InChI is InChI=1S/C24H21NO5/c1-29-21-13-7-6-12-19(21)22(23(26)27)25-24(28)30-14-20-17-10-4-2-8-15(17)16-9-3-5-11-18(16)20/h2-13,20,22H,14H2,1H3,(H,25,28)(H,26,27). The Hall–Kier alpha value is -3.80. The maximum Gasteiger partial charge on any atom is 0.408 e. The average Bonchev–Trinajstić information content (AvgIpc) is 3.09. The number of carbonyl (C=O) groups excluding carboxylic acids is 1. The average molecular weight is 403 g/mol. The third-order valence-corrected chi connectivity index (χ3v) is 5.30. The fourth-order valence-electron chi connectivity index (χ4n) is 3.94. The van der Waals surface area contributed by atoms with Gasteiger partial charge in [0.05, 0.1) is 7.11 Å². The smallest absolute Gasteiger partial charge is 0.408 e. The Morgan fingerprint density at radius 1 is 0.933 bits per heavy atom. The lowest BCUT2D eigenvalue weighted by atomic mass is 9.98. The van der Waals surface area contributed by atoms with E-state index in [-0.39, 0.29) is 12.5 Å². The molecule has 0 fully saturated rings. The Kier molecular flexibility index (Phi) is 5.39. The summed E-state index contributed by atoms with van der Waals surface area (Å²) in [7, 11) is 1.45. The summed E-state index contributed by atoms with van der Waals surface area (Å²) in [5, 5.41) is 12.0. The molecule has 0 bridgehead atoms. The van der Waals surface area contributed by atoms with Crippen LogP contribution in [0, 0.1) is 0 Å². The van der Waals surface area contributed by atoms with Gasteiger partial charge in [0.1, 0.15) is 12.4 Å². The van der Waals surface area contributed by atoms with Crippen molar-refractivity contribution < 1.29 is 24.2 Å². The molecule has 1 aliphatic carbocycles. The molecule has 0 saturated carbocycles. The molecule has 0 heterocycles. The van der Waals surface area contributed by atoms with Gasteiger partial charge in [0.15, 0.2) is 6.04 Å².